The van der Waals surface area contributed by atoms with E-state index in [2.05, 4.69) is 21.1 Å². The van der Waals surface area contributed by atoms with Gasteiger partial charge in [-0.15, -0.1) is 5.10 Å². The highest BCUT2D eigenvalue weighted by Crippen LogP contribution is 2.51. The summed E-state index contributed by atoms with van der Waals surface area (Å²) in [5.74, 6) is 0. The Bertz CT molecular complexity index is 1020. The Hall–Kier alpha value is -2.31. The number of aryl methyl sites for hydroxylation is 1. The number of halogens is 1. The van der Waals surface area contributed by atoms with Gasteiger partial charge < -0.3 is 13.8 Å². The molecule has 1 aliphatic heterocycles. The maximum atomic E-state index is 15.6. The molecule has 0 saturated carbocycles. The third-order valence-electron chi connectivity index (χ3n) is 5.49. The van der Waals surface area contributed by atoms with Gasteiger partial charge in [0.1, 0.15) is 11.6 Å². The summed E-state index contributed by atoms with van der Waals surface area (Å²) in [6, 6.07) is 8.09. The number of ether oxygens (including phenoxy) is 1. The van der Waals surface area contributed by atoms with Gasteiger partial charge in [-0.3, -0.25) is 0 Å². The van der Waals surface area contributed by atoms with Gasteiger partial charge in [-0.1, -0.05) is 24.3 Å². The Morgan fingerprint density at radius 3 is 2.51 bits per heavy atom. The largest absolute Gasteiger partial charge is 0.373 e. The molecule has 3 rings (SSSR count). The van der Waals surface area contributed by atoms with E-state index >= 15 is 4.39 Å². The molecular formula is C23H33FN5O5P. The predicted octanol–water partition coefficient (Wildman–Crippen LogP) is 4.46. The number of fused-ring (bicyclic) bond motifs is 1. The van der Waals surface area contributed by atoms with Gasteiger partial charge >= 0.3 is 6.15 Å². The molecule has 1 aliphatic rings. The smallest absolute Gasteiger partial charge is 0.347 e. The summed E-state index contributed by atoms with van der Waals surface area (Å²) in [6.07, 6.45) is -2.66. The molecule has 12 heteroatoms. The molecule has 10 nitrogen and oxygen atoms in total. The van der Waals surface area contributed by atoms with Gasteiger partial charge in [-0.05, 0) is 52.7 Å². The van der Waals surface area contributed by atoms with Crippen molar-refractivity contribution in [2.75, 3.05) is 6.61 Å². The van der Waals surface area contributed by atoms with E-state index in [-0.39, 0.29) is 31.3 Å². The fourth-order valence-corrected chi connectivity index (χ4v) is 5.75. The number of alkyl halides is 1. The molecule has 0 N–H and O–H groups in total. The molecule has 2 heterocycles. The van der Waals surface area contributed by atoms with Crippen molar-refractivity contribution < 1.29 is 27.8 Å². The van der Waals surface area contributed by atoms with Crippen LogP contribution < -0.4 is 0 Å². The summed E-state index contributed by atoms with van der Waals surface area (Å²) in [5, 5.41) is 17.5. The van der Waals surface area contributed by atoms with Crippen LogP contribution in [0, 0.1) is 18.3 Å². The van der Waals surface area contributed by atoms with E-state index in [9.17, 15) is 0 Å². The molecule has 0 aliphatic carbocycles. The van der Waals surface area contributed by atoms with Crippen molar-refractivity contribution in [3.8, 4) is 6.07 Å². The zero-order valence-electron chi connectivity index (χ0n) is 20.9. The highest BCUT2D eigenvalue weighted by molar-refractivity contribution is 7.44. The van der Waals surface area contributed by atoms with Crippen molar-refractivity contribution in [1.29, 1.82) is 5.26 Å². The molecule has 0 bridgehead atoms. The van der Waals surface area contributed by atoms with Crippen LogP contribution >= 0.6 is 8.53 Å². The van der Waals surface area contributed by atoms with E-state index in [1.165, 1.54) is 0 Å². The van der Waals surface area contributed by atoms with Gasteiger partial charge in [0.25, 0.3) is 8.53 Å². The second-order valence-corrected chi connectivity index (χ2v) is 10.0. The number of hydrogen-bond acceptors (Lipinski definition) is 9. The summed E-state index contributed by atoms with van der Waals surface area (Å²) < 4.78 is 37.7. The van der Waals surface area contributed by atoms with Gasteiger partial charge in [-0.25, -0.2) is 13.7 Å². The van der Waals surface area contributed by atoms with Crippen molar-refractivity contribution in [1.82, 2.24) is 19.7 Å². The fraction of sp³-hybridized carbons (Fsp3) is 0.652. The molecule has 1 saturated heterocycles. The molecule has 1 fully saturated rings. The van der Waals surface area contributed by atoms with Crippen LogP contribution in [0.5, 0.6) is 0 Å². The topological polar surface area (TPSA) is 120 Å². The van der Waals surface area contributed by atoms with E-state index in [0.717, 1.165) is 16.6 Å². The Balaban J connectivity index is 0.00000137. The van der Waals surface area contributed by atoms with E-state index < -0.39 is 33.1 Å². The summed E-state index contributed by atoms with van der Waals surface area (Å²) in [4.78, 5) is 16.2. The predicted molar refractivity (Wildman–Crippen MR) is 126 cm³/mol. The molecule has 2 aromatic rings. The molecule has 0 amide bonds. The molecule has 5 atom stereocenters. The summed E-state index contributed by atoms with van der Waals surface area (Å²) in [7, 11) is -1.63. The van der Waals surface area contributed by atoms with E-state index in [4.69, 9.17) is 28.6 Å². The molecule has 0 radical (unpaired) electrons. The van der Waals surface area contributed by atoms with Crippen molar-refractivity contribution in [2.45, 2.75) is 91.1 Å². The highest BCUT2D eigenvalue weighted by Gasteiger charge is 2.49. The first-order valence-corrected chi connectivity index (χ1v) is 12.7. The standard InChI is InChI=1S/C22H33FN5O3P.CO2/c1-7-18-19(23)21(31-32(29-13-9-12-24)28(14(2)3)15(4)5)22(30-18)27-17-11-8-10-16(6)20(17)25-26-27;2-1-3/h8,10-11,14-15,18-19,21-22H,7,9,13H2,1-6H3;/t18-,19-,21-,22-,32?;/m1./s1. The maximum Gasteiger partial charge on any atom is 0.373 e. The van der Waals surface area contributed by atoms with Crippen molar-refractivity contribution >= 4 is 25.7 Å². The Labute approximate surface area is 206 Å². The lowest BCUT2D eigenvalue weighted by molar-refractivity contribution is -0.191. The third-order valence-corrected chi connectivity index (χ3v) is 7.61. The minimum atomic E-state index is -1.63. The lowest BCUT2D eigenvalue weighted by Gasteiger charge is -2.37. The van der Waals surface area contributed by atoms with Crippen LogP contribution in [0.2, 0.25) is 0 Å². The van der Waals surface area contributed by atoms with Crippen LogP contribution in [0.3, 0.4) is 0 Å². The average molecular weight is 510 g/mol. The zero-order valence-corrected chi connectivity index (χ0v) is 21.8. The monoisotopic (exact) mass is 509 g/mol. The summed E-state index contributed by atoms with van der Waals surface area (Å²) in [5.41, 5.74) is 2.51. The Morgan fingerprint density at radius 1 is 1.29 bits per heavy atom. The highest BCUT2D eigenvalue weighted by atomic mass is 31.2. The van der Waals surface area contributed by atoms with E-state index in [1.54, 1.807) is 4.68 Å². The second-order valence-electron chi connectivity index (χ2n) is 8.59. The third kappa shape index (κ3) is 6.89. The zero-order chi connectivity index (χ0) is 26.1. The van der Waals surface area contributed by atoms with Gasteiger partial charge in [-0.2, -0.15) is 14.9 Å². The molecule has 35 heavy (non-hydrogen) atoms. The van der Waals surface area contributed by atoms with Crippen LogP contribution in [-0.4, -0.2) is 62.9 Å². The van der Waals surface area contributed by atoms with Crippen LogP contribution in [0.1, 0.15) is 59.3 Å². The van der Waals surface area contributed by atoms with Gasteiger partial charge in [0.05, 0.1) is 30.7 Å². The fourth-order valence-electron chi connectivity index (χ4n) is 4.01. The molecular weight excluding hydrogens is 476 g/mol. The van der Waals surface area contributed by atoms with Crippen LogP contribution in [0.15, 0.2) is 18.2 Å². The SMILES string of the molecule is CC[C@H]1O[C@@H](n2nnc3c(C)cccc32)[C@H](OP(OCCC#N)N(C(C)C)C(C)C)[C@@H]1F.O=C=O. The summed E-state index contributed by atoms with van der Waals surface area (Å²) >= 11 is 0. The second kappa shape index (κ2) is 13.7. The van der Waals surface area contributed by atoms with Gasteiger partial charge in [0.2, 0.25) is 0 Å². The number of nitrogens with zero attached hydrogens (tertiary/aromatic N) is 5. The maximum absolute atomic E-state index is 15.6. The van der Waals surface area contributed by atoms with Crippen molar-refractivity contribution in [2.24, 2.45) is 0 Å². The number of benzene rings is 1. The molecule has 1 aromatic carbocycles. The minimum absolute atomic E-state index is 0.110. The van der Waals surface area contributed by atoms with Crippen molar-refractivity contribution in [3.63, 3.8) is 0 Å². The van der Waals surface area contributed by atoms with Crippen LogP contribution in [0.25, 0.3) is 11.0 Å². The molecule has 0 spiro atoms. The number of hydrogen-bond donors (Lipinski definition) is 0. The molecule has 1 aromatic heterocycles. The van der Waals surface area contributed by atoms with Crippen LogP contribution in [-0.2, 0) is 23.4 Å². The Kier molecular flexibility index (Phi) is 11.3. The van der Waals surface area contributed by atoms with Gasteiger partial charge in [0.15, 0.2) is 12.4 Å². The number of rotatable bonds is 10. The number of nitriles is 1. The first-order valence-electron chi connectivity index (χ1n) is 11.6. The van der Waals surface area contributed by atoms with Crippen molar-refractivity contribution in [3.05, 3.63) is 23.8 Å². The van der Waals surface area contributed by atoms with Crippen LogP contribution in [0.4, 0.5) is 4.39 Å². The van der Waals surface area contributed by atoms with Gasteiger partial charge in [0, 0.05) is 12.1 Å². The Morgan fingerprint density at radius 2 is 1.94 bits per heavy atom. The van der Waals surface area contributed by atoms with E-state index in [1.807, 2.05) is 59.7 Å². The normalized spacial score (nSPS) is 22.8. The molecule has 1 unspecified atom stereocenters. The number of aromatic nitrogens is 3. The summed E-state index contributed by atoms with van der Waals surface area (Å²) in [6.45, 7) is 12.3. The first-order chi connectivity index (χ1) is 16.7. The average Bonchev–Trinajstić information content (AvgIpc) is 3.36. The van der Waals surface area contributed by atoms with E-state index in [0.29, 0.717) is 6.42 Å². The molecule has 192 valence electrons. The lowest BCUT2D eigenvalue weighted by Crippen LogP contribution is -2.37. The first kappa shape index (κ1) is 28.9. The number of carbonyl (C=O) groups excluding carboxylic acids is 2. The minimum Gasteiger partial charge on any atom is -0.347 e. The lowest BCUT2D eigenvalue weighted by atomic mass is 10.1. The quantitative estimate of drug-likeness (QED) is 0.338.